The number of aliphatic hydroxyl groups excluding tert-OH is 1. The van der Waals surface area contributed by atoms with Crippen LogP contribution in [0.3, 0.4) is 0 Å². The maximum absolute atomic E-state index is 13.7. The molecule has 6 aliphatic rings. The Kier molecular flexibility index (Phi) is 21.0. The molecule has 0 saturated carbocycles. The fourth-order valence-electron chi connectivity index (χ4n) is 16.1. The number of aromatic nitrogens is 9. The number of hydrogen-bond acceptors (Lipinski definition) is 20. The van der Waals surface area contributed by atoms with Gasteiger partial charge in [-0.05, 0) is 170 Å². The number of carbonyl (C=O) groups is 3. The minimum Gasteiger partial charge on any atom is -0.486 e. The third-order valence-corrected chi connectivity index (χ3v) is 21.2. The van der Waals surface area contributed by atoms with Crippen molar-refractivity contribution in [2.75, 3.05) is 103 Å². The summed E-state index contributed by atoms with van der Waals surface area (Å²) in [4.78, 5) is 75.3. The van der Waals surface area contributed by atoms with Gasteiger partial charge in [-0.15, -0.1) is 0 Å². The Labute approximate surface area is 640 Å². The molecule has 0 unspecified atom stereocenters. The van der Waals surface area contributed by atoms with Crippen LogP contribution in [-0.2, 0) is 48.4 Å². The summed E-state index contributed by atoms with van der Waals surface area (Å²) >= 11 is 0. The Hall–Kier alpha value is -11.3. The van der Waals surface area contributed by atoms with Crippen LogP contribution in [0.25, 0.3) is 50.7 Å². The van der Waals surface area contributed by atoms with Crippen molar-refractivity contribution in [3.05, 3.63) is 220 Å². The van der Waals surface area contributed by atoms with Gasteiger partial charge in [-0.3, -0.25) is 27.6 Å². The minimum atomic E-state index is -0.335. The molecule has 3 aromatic carbocycles. The minimum absolute atomic E-state index is 0.0334. The zero-order valence-electron chi connectivity index (χ0n) is 62.9. The predicted octanol–water partition coefficient (Wildman–Crippen LogP) is 14.0. The number of rotatable bonds is 19. The van der Waals surface area contributed by atoms with Crippen molar-refractivity contribution in [1.29, 1.82) is 0 Å². The fraction of sp³-hybridized carbons (Fsp3) is 0.329. The molecule has 3 saturated heterocycles. The Bertz CT molecular complexity index is 5570. The van der Waals surface area contributed by atoms with Crippen LogP contribution in [0.5, 0.6) is 5.75 Å². The number of ketones is 3. The van der Waals surface area contributed by atoms with E-state index in [-0.39, 0.29) is 47.0 Å². The van der Waals surface area contributed by atoms with Crippen molar-refractivity contribution in [1.82, 2.24) is 57.8 Å². The lowest BCUT2D eigenvalue weighted by Gasteiger charge is -2.33. The molecular formula is C85H87F3N16O7. The highest BCUT2D eigenvalue weighted by Gasteiger charge is 2.33. The number of benzene rings is 3. The summed E-state index contributed by atoms with van der Waals surface area (Å²) < 4.78 is 63.8. The van der Waals surface area contributed by atoms with E-state index in [2.05, 4.69) is 57.7 Å². The van der Waals surface area contributed by atoms with E-state index < -0.39 is 0 Å². The summed E-state index contributed by atoms with van der Waals surface area (Å²) in [7, 11) is 12.1. The van der Waals surface area contributed by atoms with E-state index in [4.69, 9.17) is 29.2 Å². The van der Waals surface area contributed by atoms with Crippen LogP contribution >= 0.6 is 0 Å². The number of halogens is 3. The van der Waals surface area contributed by atoms with Gasteiger partial charge in [0, 0.05) is 141 Å². The molecule has 26 heteroatoms. The first-order valence-corrected chi connectivity index (χ1v) is 37.8. The van der Waals surface area contributed by atoms with Crippen LogP contribution < -0.4 is 25.6 Å². The zero-order valence-corrected chi connectivity index (χ0v) is 62.9. The van der Waals surface area contributed by atoms with Gasteiger partial charge in [0.1, 0.15) is 63.7 Å². The first-order valence-electron chi connectivity index (χ1n) is 37.8. The van der Waals surface area contributed by atoms with E-state index in [1.54, 1.807) is 37.2 Å². The number of nitrogens with zero attached hydrogens (tertiary/aromatic N) is 13. The first kappa shape index (κ1) is 73.9. The average Bonchev–Trinajstić information content (AvgIpc) is 1.65. The fourth-order valence-corrected chi connectivity index (χ4v) is 16.1. The molecule has 12 heterocycles. The van der Waals surface area contributed by atoms with Crippen molar-refractivity contribution >= 4 is 74.5 Å². The van der Waals surface area contributed by atoms with Crippen LogP contribution in [0.15, 0.2) is 146 Å². The van der Waals surface area contributed by atoms with Gasteiger partial charge in [0.05, 0.1) is 101 Å². The van der Waals surface area contributed by atoms with E-state index in [9.17, 15) is 32.7 Å². The lowest BCUT2D eigenvalue weighted by molar-refractivity contribution is 0.0987. The van der Waals surface area contributed by atoms with Crippen LogP contribution in [0.4, 0.5) is 53.4 Å². The highest BCUT2D eigenvalue weighted by molar-refractivity contribution is 6.09. The number of hydrogen-bond donors (Lipinski definition) is 4. The van der Waals surface area contributed by atoms with Gasteiger partial charge < -0.3 is 54.9 Å². The lowest BCUT2D eigenvalue weighted by Crippen LogP contribution is -2.39. The lowest BCUT2D eigenvalue weighted by atomic mass is 9.96. The number of fused-ring (bicyclic) bond motifs is 6. The summed E-state index contributed by atoms with van der Waals surface area (Å²) in [5, 5.41) is 20.4. The number of ether oxygens (including phenoxy) is 3. The van der Waals surface area contributed by atoms with Crippen molar-refractivity contribution in [3.8, 4) is 39.5 Å². The Morgan fingerprint density at radius 1 is 0.495 bits per heavy atom. The topological polar surface area (TPSA) is 239 Å². The average molecular weight is 1500 g/mol. The molecule has 0 spiro atoms. The molecule has 18 rings (SSSR count). The van der Waals surface area contributed by atoms with E-state index in [1.807, 2.05) is 121 Å². The van der Waals surface area contributed by atoms with Gasteiger partial charge >= 0.3 is 0 Å². The van der Waals surface area contributed by atoms with E-state index in [0.29, 0.717) is 123 Å². The summed E-state index contributed by atoms with van der Waals surface area (Å²) in [6.45, 7) is 6.31. The molecular weight excluding hydrogens is 1410 g/mol. The second kappa shape index (κ2) is 31.6. The molecule has 111 heavy (non-hydrogen) atoms. The Morgan fingerprint density at radius 2 is 0.928 bits per heavy atom. The Balaban J connectivity index is 0.000000126. The Morgan fingerprint density at radius 3 is 1.38 bits per heavy atom. The number of pyridine rings is 6. The standard InChI is InChI=1S/C29H31FN6O2.C28H28FN5O3.C28H28FN5O2/c1-34(2)17-23-24(35-12-3-4-19(37)16-35)8-10-27(33-23)32-22-7-5-20(21-6-9-26(38)29(21)22)25-15-31-28-14-18(30)11-13-36(25)28;1-33(2)15-22-25(37-18-10-12-36-16-18)7-8-26(32-22)31-21-5-3-19(20-4-6-24(35)28(20)21)23-14-30-27-13-17(29)9-11-34(23)27;1-33(2)15-23-19(17-10-12-36-16-17)5-8-26(32-23)31-22-6-3-20(21-4-7-25(35)28(21)22)24-14-30-27-13-18(29)9-11-34(24)27/h5,7-8,10-11,13-15,19,37H,3-4,6,9,12,16-17H2,1-2H3,(H,32,33);3,5,7-9,11,13-14,18H,4,6,10,12,15-16H2,1-2H3,(H,31,32);3,5-6,8-9,11,13-14,17H,4,7,10,12,15-16H2,1-2H3,(H,31,32)/t19-;18-;17-/m110/s1. The van der Waals surface area contributed by atoms with Gasteiger partial charge in [0.25, 0.3) is 0 Å². The van der Waals surface area contributed by atoms with Gasteiger partial charge in [-0.2, -0.15) is 0 Å². The third kappa shape index (κ3) is 15.6. The molecule has 3 aliphatic carbocycles. The molecule has 9 aromatic heterocycles. The van der Waals surface area contributed by atoms with Crippen LogP contribution in [0, 0.1) is 17.5 Å². The smallest absolute Gasteiger partial charge is 0.165 e. The van der Waals surface area contributed by atoms with Crippen LogP contribution in [0.2, 0.25) is 0 Å². The number of anilines is 7. The van der Waals surface area contributed by atoms with Gasteiger partial charge in [0.15, 0.2) is 17.3 Å². The number of imidazole rings is 3. The second-order valence-corrected chi connectivity index (χ2v) is 30.0. The van der Waals surface area contributed by atoms with Gasteiger partial charge in [-0.1, -0.05) is 24.3 Å². The zero-order chi connectivity index (χ0) is 76.7. The third-order valence-electron chi connectivity index (χ3n) is 21.2. The van der Waals surface area contributed by atoms with Crippen molar-refractivity contribution in [2.45, 2.75) is 102 Å². The monoisotopic (exact) mass is 1500 g/mol. The summed E-state index contributed by atoms with van der Waals surface area (Å²) in [6, 6.07) is 32.1. The molecule has 0 bridgehead atoms. The SMILES string of the molecule is CN(C)Cc1nc(Nc2ccc(-c3cnc4cc(F)ccn34)c3c2C(=O)CC3)ccc1N1CCC[C@@H](O)C1.CN(C)Cc1nc(Nc2ccc(-c3cnc4cc(F)ccn34)c3c2C(=O)CC3)ccc1O[C@@H]1CCOC1.CN(C)Cc1nc(Nc2ccc(-c3cnc4cc(F)ccn34)c3c2C(=O)CC3)ccc1[C@H]1CCOC1. The molecule has 570 valence electrons. The van der Waals surface area contributed by atoms with Crippen molar-refractivity contribution < 1.29 is 46.9 Å². The maximum Gasteiger partial charge on any atom is 0.165 e. The van der Waals surface area contributed by atoms with Crippen molar-refractivity contribution in [3.63, 3.8) is 0 Å². The highest BCUT2D eigenvalue weighted by Crippen LogP contribution is 2.43. The summed E-state index contributed by atoms with van der Waals surface area (Å²) in [5.41, 5.74) is 19.1. The number of aliphatic hydroxyl groups is 1. The number of piperidine rings is 1. The van der Waals surface area contributed by atoms with Crippen molar-refractivity contribution in [2.24, 2.45) is 0 Å². The van der Waals surface area contributed by atoms with E-state index >= 15 is 0 Å². The highest BCUT2D eigenvalue weighted by atomic mass is 19.1. The van der Waals surface area contributed by atoms with E-state index in [0.717, 1.165) is 154 Å². The molecule has 4 N–H and O–H groups in total. The van der Waals surface area contributed by atoms with Gasteiger partial charge in [0.2, 0.25) is 0 Å². The molecule has 0 amide bonds. The molecule has 12 aromatic rings. The number of β-amino-alcohol motifs (C(OH)–C–C–N with tert-alkyl or cyclic N) is 1. The molecule has 23 nitrogen and oxygen atoms in total. The maximum atomic E-state index is 13.7. The quantitative estimate of drug-likeness (QED) is 0.0588. The molecule has 3 aliphatic heterocycles. The van der Waals surface area contributed by atoms with Gasteiger partial charge in [-0.25, -0.2) is 43.1 Å². The predicted molar refractivity (Wildman–Crippen MR) is 420 cm³/mol. The molecule has 3 atom stereocenters. The summed E-state index contributed by atoms with van der Waals surface area (Å²) in [5.74, 6) is 2.45. The molecule has 3 fully saturated rings. The second-order valence-electron chi connectivity index (χ2n) is 30.0. The number of Topliss-reactive ketones (excluding diaryl/α,β-unsaturated/α-hetero) is 3. The van der Waals surface area contributed by atoms with E-state index in [1.165, 1.54) is 42.0 Å². The van der Waals surface area contributed by atoms with Crippen LogP contribution in [0.1, 0.15) is 121 Å². The normalized spacial score (nSPS) is 17.3. The number of carbonyl (C=O) groups excluding carboxylic acids is 3. The first-order chi connectivity index (χ1) is 53.8. The molecule has 0 radical (unpaired) electrons. The summed E-state index contributed by atoms with van der Waals surface area (Å²) in [6.07, 6.45) is 16.9. The largest absolute Gasteiger partial charge is 0.486 e. The van der Waals surface area contributed by atoms with Crippen LogP contribution in [-0.4, -0.2) is 174 Å². The number of nitrogens with one attached hydrogen (secondary N) is 3.